The van der Waals surface area contributed by atoms with Crippen LogP contribution in [-0.4, -0.2) is 59.4 Å². The van der Waals surface area contributed by atoms with Crippen LogP contribution in [-0.2, 0) is 37.5 Å². The van der Waals surface area contributed by atoms with Crippen LogP contribution >= 0.6 is 7.82 Å². The number of aliphatic carboxylic acids is 1. The molecule has 340 valence electrons. The number of carboxylic acids is 1. The molecule has 0 aliphatic heterocycles. The zero-order chi connectivity index (χ0) is 43.7. The highest BCUT2D eigenvalue weighted by molar-refractivity contribution is 7.47. The van der Waals surface area contributed by atoms with Gasteiger partial charge in [0.1, 0.15) is 12.6 Å². The maximum absolute atomic E-state index is 12.7. The Bertz CT molecular complexity index is 1250. The molecule has 0 saturated carbocycles. The molecule has 59 heavy (non-hydrogen) atoms. The minimum absolute atomic E-state index is 0.0787. The molecule has 0 amide bonds. The van der Waals surface area contributed by atoms with Crippen molar-refractivity contribution in [2.45, 2.75) is 206 Å². The molecular formula is C47H82NO10P. The highest BCUT2D eigenvalue weighted by atomic mass is 31.2. The minimum Gasteiger partial charge on any atom is -0.480 e. The molecule has 0 aliphatic carbocycles. The van der Waals surface area contributed by atoms with E-state index in [0.717, 1.165) is 64.2 Å². The Morgan fingerprint density at radius 2 is 0.983 bits per heavy atom. The van der Waals surface area contributed by atoms with Gasteiger partial charge in [0.15, 0.2) is 6.10 Å². The molecule has 0 aliphatic rings. The second-order valence-electron chi connectivity index (χ2n) is 15.3. The van der Waals surface area contributed by atoms with Gasteiger partial charge in [0.25, 0.3) is 0 Å². The SMILES string of the molecule is CCCCC/C=C\C/C=C\C/C=C\C/C=C\CCCC(=O)O[C@H](COC(=O)CCCCCCC/C=C\CCCCCCCCCC)COP(=O)(O)O[C@H](C)[C@H](N)C(=O)O. The van der Waals surface area contributed by atoms with Crippen LogP contribution in [0.25, 0.3) is 0 Å². The maximum Gasteiger partial charge on any atom is 0.472 e. The average Bonchev–Trinajstić information content (AvgIpc) is 3.20. The van der Waals surface area contributed by atoms with Crippen LogP contribution in [0.15, 0.2) is 60.8 Å². The van der Waals surface area contributed by atoms with Gasteiger partial charge >= 0.3 is 25.7 Å². The molecule has 0 saturated heterocycles. The molecule has 12 heteroatoms. The summed E-state index contributed by atoms with van der Waals surface area (Å²) in [6, 6.07) is -1.57. The Hall–Kier alpha value is -2.82. The van der Waals surface area contributed by atoms with Crippen LogP contribution in [0.4, 0.5) is 0 Å². The van der Waals surface area contributed by atoms with Crippen LogP contribution in [0.2, 0.25) is 0 Å². The molecule has 0 aromatic heterocycles. The average molecular weight is 852 g/mol. The van der Waals surface area contributed by atoms with Gasteiger partial charge in [-0.1, -0.05) is 152 Å². The zero-order valence-corrected chi connectivity index (χ0v) is 37.9. The quantitative estimate of drug-likeness (QED) is 0.0231. The van der Waals surface area contributed by atoms with Crippen LogP contribution in [0.1, 0.15) is 188 Å². The van der Waals surface area contributed by atoms with Crippen LogP contribution in [0.3, 0.4) is 0 Å². The highest BCUT2D eigenvalue weighted by Crippen LogP contribution is 2.45. The van der Waals surface area contributed by atoms with E-state index in [2.05, 4.69) is 62.5 Å². The number of hydrogen-bond acceptors (Lipinski definition) is 9. The Kier molecular flexibility index (Phi) is 38.6. The second kappa shape index (κ2) is 40.6. The molecule has 4 N–H and O–H groups in total. The van der Waals surface area contributed by atoms with Crippen molar-refractivity contribution in [2.24, 2.45) is 5.73 Å². The van der Waals surface area contributed by atoms with Gasteiger partial charge < -0.3 is 25.2 Å². The normalized spacial score (nSPS) is 14.8. The largest absolute Gasteiger partial charge is 0.480 e. The molecule has 0 radical (unpaired) electrons. The molecule has 1 unspecified atom stereocenters. The Labute approximate surface area is 357 Å². The lowest BCUT2D eigenvalue weighted by molar-refractivity contribution is -0.161. The number of hydrogen-bond donors (Lipinski definition) is 3. The summed E-state index contributed by atoms with van der Waals surface area (Å²) < 4.78 is 33.2. The number of nitrogens with two attached hydrogens (primary N) is 1. The molecule has 0 aromatic rings. The number of phosphoric ester groups is 1. The Morgan fingerprint density at radius 3 is 1.51 bits per heavy atom. The van der Waals surface area contributed by atoms with Crippen molar-refractivity contribution in [3.8, 4) is 0 Å². The fourth-order valence-corrected chi connectivity index (χ4v) is 6.89. The van der Waals surface area contributed by atoms with Gasteiger partial charge in [-0.3, -0.25) is 23.4 Å². The van der Waals surface area contributed by atoms with E-state index in [1.807, 2.05) is 12.2 Å². The summed E-state index contributed by atoms with van der Waals surface area (Å²) in [6.45, 7) is 4.69. The summed E-state index contributed by atoms with van der Waals surface area (Å²) in [5.74, 6) is -2.47. The van der Waals surface area contributed by atoms with E-state index in [1.54, 1.807) is 0 Å². The lowest BCUT2D eigenvalue weighted by Crippen LogP contribution is -2.41. The third kappa shape index (κ3) is 39.1. The minimum atomic E-state index is -4.79. The van der Waals surface area contributed by atoms with Gasteiger partial charge in [-0.25, -0.2) is 4.57 Å². The van der Waals surface area contributed by atoms with Gasteiger partial charge in [0.05, 0.1) is 12.7 Å². The summed E-state index contributed by atoms with van der Waals surface area (Å²) in [7, 11) is -4.79. The van der Waals surface area contributed by atoms with Crippen molar-refractivity contribution in [3.05, 3.63) is 60.8 Å². The summed E-state index contributed by atoms with van der Waals surface area (Å²) in [6.07, 6.45) is 45.8. The van der Waals surface area contributed by atoms with Crippen LogP contribution in [0, 0.1) is 0 Å². The third-order valence-electron chi connectivity index (χ3n) is 9.59. The number of unbranched alkanes of at least 4 members (excludes halogenated alkanes) is 17. The summed E-state index contributed by atoms with van der Waals surface area (Å²) in [4.78, 5) is 46.4. The van der Waals surface area contributed by atoms with Gasteiger partial charge in [-0.05, 0) is 84.0 Å². The molecule has 4 atom stereocenters. The number of rotatable bonds is 41. The van der Waals surface area contributed by atoms with Crippen molar-refractivity contribution >= 4 is 25.7 Å². The van der Waals surface area contributed by atoms with Crippen LogP contribution in [0.5, 0.6) is 0 Å². The van der Waals surface area contributed by atoms with E-state index < -0.39 is 50.6 Å². The van der Waals surface area contributed by atoms with Crippen molar-refractivity contribution in [2.75, 3.05) is 13.2 Å². The fourth-order valence-electron chi connectivity index (χ4n) is 5.92. The van der Waals surface area contributed by atoms with E-state index in [-0.39, 0.29) is 19.4 Å². The molecule has 0 rings (SSSR count). The van der Waals surface area contributed by atoms with E-state index >= 15 is 0 Å². The highest BCUT2D eigenvalue weighted by Gasteiger charge is 2.32. The number of ether oxygens (including phenoxy) is 2. The standard InChI is InChI=1S/C47H82NO10P/c1-4-6-8-10-12-14-16-18-20-22-24-26-28-30-32-34-36-38-44(49)55-40-43(41-56-59(53,54)58-42(3)46(48)47(51)52)57-45(50)39-37-35-33-31-29-27-25-23-21-19-17-15-13-11-9-7-5-2/h13,15,19,21-22,24-25,27,31,33,42-43,46H,4-12,14,16-18,20,23,26,28-30,32,34-41,48H2,1-3H3,(H,51,52)(H,53,54)/b15-13-,21-19-,24-22-,27-25-,33-31-/t42-,43-,46+/m1/s1. The predicted molar refractivity (Wildman–Crippen MR) is 240 cm³/mol. The number of carboxylic acid groups (broad SMARTS) is 1. The van der Waals surface area contributed by atoms with Crippen LogP contribution < -0.4 is 5.73 Å². The van der Waals surface area contributed by atoms with E-state index in [9.17, 15) is 23.8 Å². The van der Waals surface area contributed by atoms with Gasteiger partial charge in [-0.15, -0.1) is 0 Å². The lowest BCUT2D eigenvalue weighted by Gasteiger charge is -2.22. The van der Waals surface area contributed by atoms with Gasteiger partial charge in [0.2, 0.25) is 0 Å². The monoisotopic (exact) mass is 852 g/mol. The third-order valence-corrected chi connectivity index (χ3v) is 10.7. The number of esters is 2. The van der Waals surface area contributed by atoms with E-state index in [4.69, 9.17) is 29.4 Å². The number of carbonyl (C=O) groups excluding carboxylic acids is 2. The molecule has 0 bridgehead atoms. The van der Waals surface area contributed by atoms with Crippen molar-refractivity contribution in [1.82, 2.24) is 0 Å². The van der Waals surface area contributed by atoms with Crippen molar-refractivity contribution < 1.29 is 47.5 Å². The molecule has 0 aromatic carbocycles. The molecule has 11 nitrogen and oxygen atoms in total. The lowest BCUT2D eigenvalue weighted by atomic mass is 10.1. The Balaban J connectivity index is 4.55. The molecular weight excluding hydrogens is 769 g/mol. The number of allylic oxidation sites excluding steroid dienone is 10. The summed E-state index contributed by atoms with van der Waals surface area (Å²) in [5.41, 5.74) is 5.47. The fraction of sp³-hybridized carbons (Fsp3) is 0.723. The first-order chi connectivity index (χ1) is 28.5. The van der Waals surface area contributed by atoms with Crippen molar-refractivity contribution in [1.29, 1.82) is 0 Å². The first-order valence-corrected chi connectivity index (χ1v) is 24.3. The Morgan fingerprint density at radius 1 is 0.576 bits per heavy atom. The predicted octanol–water partition coefficient (Wildman–Crippen LogP) is 12.3. The van der Waals surface area contributed by atoms with Crippen molar-refractivity contribution in [3.63, 3.8) is 0 Å². The molecule has 0 spiro atoms. The summed E-state index contributed by atoms with van der Waals surface area (Å²) in [5, 5.41) is 9.06. The first-order valence-electron chi connectivity index (χ1n) is 22.8. The smallest absolute Gasteiger partial charge is 0.472 e. The zero-order valence-electron chi connectivity index (χ0n) is 37.0. The van der Waals surface area contributed by atoms with E-state index in [1.165, 1.54) is 77.6 Å². The second-order valence-corrected chi connectivity index (χ2v) is 16.7. The van der Waals surface area contributed by atoms with Gasteiger partial charge in [-0.2, -0.15) is 0 Å². The maximum atomic E-state index is 12.7. The topological polar surface area (TPSA) is 172 Å². The summed E-state index contributed by atoms with van der Waals surface area (Å²) >= 11 is 0. The van der Waals surface area contributed by atoms with E-state index in [0.29, 0.717) is 19.3 Å². The molecule has 0 fully saturated rings. The van der Waals surface area contributed by atoms with Gasteiger partial charge in [0, 0.05) is 12.8 Å². The molecule has 0 heterocycles. The first kappa shape index (κ1) is 56.2. The number of carbonyl (C=O) groups is 3. The number of phosphoric acid groups is 1.